The number of rotatable bonds is 4. The van der Waals surface area contributed by atoms with Crippen molar-refractivity contribution in [1.29, 1.82) is 0 Å². The Morgan fingerprint density at radius 2 is 2.56 bits per heavy atom. The summed E-state index contributed by atoms with van der Waals surface area (Å²) >= 11 is 0. The third-order valence-corrected chi connectivity index (χ3v) is 2.77. The van der Waals surface area contributed by atoms with Gasteiger partial charge in [0.05, 0.1) is 11.7 Å². The zero-order valence-corrected chi connectivity index (χ0v) is 8.98. The van der Waals surface area contributed by atoms with Gasteiger partial charge in [-0.3, -0.25) is 5.32 Å². The first-order chi connectivity index (χ1) is 7.77. The molecule has 2 aliphatic rings. The van der Waals surface area contributed by atoms with Crippen LogP contribution in [0.1, 0.15) is 12.8 Å². The maximum Gasteiger partial charge on any atom is 0.335 e. The maximum absolute atomic E-state index is 10.9. The summed E-state index contributed by atoms with van der Waals surface area (Å²) in [6.45, 7) is 1.49. The molecule has 16 heavy (non-hydrogen) atoms. The molecule has 5 heteroatoms. The Hall–Kier alpha value is -1.33. The largest absolute Gasteiger partial charge is 0.478 e. The van der Waals surface area contributed by atoms with Gasteiger partial charge in [0.2, 0.25) is 0 Å². The summed E-state index contributed by atoms with van der Waals surface area (Å²) in [5.41, 5.74) is 0.334. The fraction of sp³-hybridized carbons (Fsp3) is 0.545. The van der Waals surface area contributed by atoms with Crippen LogP contribution in [-0.2, 0) is 9.53 Å². The highest BCUT2D eigenvalue weighted by molar-refractivity contribution is 5.88. The average Bonchev–Trinajstić information content (AvgIpc) is 2.79. The van der Waals surface area contributed by atoms with Gasteiger partial charge in [-0.05, 0) is 31.2 Å². The molecular formula is C11H16N2O3. The number of carboxylic acids is 1. The molecule has 88 valence electrons. The average molecular weight is 224 g/mol. The van der Waals surface area contributed by atoms with E-state index in [4.69, 9.17) is 9.84 Å². The van der Waals surface area contributed by atoms with Crippen LogP contribution in [0.15, 0.2) is 23.9 Å². The first-order valence-electron chi connectivity index (χ1n) is 5.48. The Balaban J connectivity index is 1.86. The van der Waals surface area contributed by atoms with Crippen molar-refractivity contribution in [3.63, 3.8) is 0 Å². The zero-order valence-electron chi connectivity index (χ0n) is 8.98. The molecule has 0 radical (unpaired) electrons. The molecule has 1 saturated heterocycles. The Kier molecular flexibility index (Phi) is 3.58. The molecule has 2 atom stereocenters. The van der Waals surface area contributed by atoms with Gasteiger partial charge in [-0.25, -0.2) is 4.79 Å². The van der Waals surface area contributed by atoms with E-state index in [2.05, 4.69) is 10.6 Å². The van der Waals surface area contributed by atoms with Crippen LogP contribution >= 0.6 is 0 Å². The van der Waals surface area contributed by atoms with E-state index in [9.17, 15) is 4.79 Å². The number of aliphatic carboxylic acids is 1. The predicted molar refractivity (Wildman–Crippen MR) is 58.8 cm³/mol. The lowest BCUT2D eigenvalue weighted by Gasteiger charge is -2.23. The molecule has 0 amide bonds. The third kappa shape index (κ3) is 2.62. The van der Waals surface area contributed by atoms with Gasteiger partial charge in [-0.1, -0.05) is 0 Å². The summed E-state index contributed by atoms with van der Waals surface area (Å²) in [5, 5.41) is 15.1. The highest BCUT2D eigenvalue weighted by atomic mass is 16.5. The minimum Gasteiger partial charge on any atom is -0.478 e. The lowest BCUT2D eigenvalue weighted by molar-refractivity contribution is -0.133. The van der Waals surface area contributed by atoms with E-state index in [1.807, 2.05) is 0 Å². The number of carbonyl (C=O) groups is 1. The van der Waals surface area contributed by atoms with Crippen molar-refractivity contribution >= 4 is 5.97 Å². The lowest BCUT2D eigenvalue weighted by atomic mass is 10.1. The van der Waals surface area contributed by atoms with Gasteiger partial charge < -0.3 is 15.2 Å². The second-order valence-electron chi connectivity index (χ2n) is 3.93. The van der Waals surface area contributed by atoms with Crippen LogP contribution in [0.25, 0.3) is 0 Å². The summed E-state index contributed by atoms with van der Waals surface area (Å²) in [6.07, 6.45) is 7.04. The van der Waals surface area contributed by atoms with Gasteiger partial charge in [0.1, 0.15) is 6.17 Å². The molecule has 0 saturated carbocycles. The van der Waals surface area contributed by atoms with E-state index in [0.29, 0.717) is 12.1 Å². The minimum atomic E-state index is -0.901. The molecular weight excluding hydrogens is 208 g/mol. The molecule has 0 aromatic carbocycles. The van der Waals surface area contributed by atoms with Crippen LogP contribution < -0.4 is 10.6 Å². The van der Waals surface area contributed by atoms with Gasteiger partial charge in [-0.2, -0.15) is 0 Å². The second-order valence-corrected chi connectivity index (χ2v) is 3.93. The highest BCUT2D eigenvalue weighted by Crippen LogP contribution is 2.12. The summed E-state index contributed by atoms with van der Waals surface area (Å²) < 4.78 is 5.46. The van der Waals surface area contributed by atoms with Crippen molar-refractivity contribution in [3.8, 4) is 0 Å². The standard InChI is InChI=1S/C11H16N2O3/c14-11(15)9-4-1-5-12-10(9)13-7-8-3-2-6-16-8/h1,4-5,8,10,12-13H,2-3,6-7H2,(H,14,15)/t8-,10?/m1/s1. The summed E-state index contributed by atoms with van der Waals surface area (Å²) in [5.74, 6) is -0.901. The Bertz CT molecular complexity index is 319. The monoisotopic (exact) mass is 224 g/mol. The normalized spacial score (nSPS) is 28.6. The fourth-order valence-electron chi connectivity index (χ4n) is 1.91. The Morgan fingerprint density at radius 3 is 3.25 bits per heavy atom. The molecule has 2 aliphatic heterocycles. The quantitative estimate of drug-likeness (QED) is 0.636. The minimum absolute atomic E-state index is 0.211. The molecule has 0 aromatic rings. The van der Waals surface area contributed by atoms with Crippen molar-refractivity contribution in [2.24, 2.45) is 0 Å². The number of nitrogens with one attached hydrogen (secondary N) is 2. The number of carboxylic acid groups (broad SMARTS) is 1. The number of dihydropyridines is 1. The molecule has 0 aliphatic carbocycles. The maximum atomic E-state index is 10.9. The molecule has 0 spiro atoms. The summed E-state index contributed by atoms with van der Waals surface area (Å²) in [7, 11) is 0. The van der Waals surface area contributed by atoms with Crippen LogP contribution in [0.2, 0.25) is 0 Å². The van der Waals surface area contributed by atoms with Gasteiger partial charge >= 0.3 is 5.97 Å². The predicted octanol–water partition coefficient (Wildman–Crippen LogP) is 0.209. The van der Waals surface area contributed by atoms with Crippen molar-refractivity contribution in [2.45, 2.75) is 25.1 Å². The number of hydrogen-bond donors (Lipinski definition) is 3. The number of ether oxygens (including phenoxy) is 1. The molecule has 1 unspecified atom stereocenters. The molecule has 0 aromatic heterocycles. The number of allylic oxidation sites excluding steroid dienone is 2. The summed E-state index contributed by atoms with van der Waals surface area (Å²) in [6, 6.07) is 0. The van der Waals surface area contributed by atoms with E-state index < -0.39 is 5.97 Å². The van der Waals surface area contributed by atoms with E-state index in [1.54, 1.807) is 18.4 Å². The molecule has 5 nitrogen and oxygen atoms in total. The highest BCUT2D eigenvalue weighted by Gasteiger charge is 2.22. The van der Waals surface area contributed by atoms with Gasteiger partial charge in [-0.15, -0.1) is 0 Å². The van der Waals surface area contributed by atoms with E-state index in [0.717, 1.165) is 19.4 Å². The zero-order chi connectivity index (χ0) is 11.4. The van der Waals surface area contributed by atoms with Crippen molar-refractivity contribution in [1.82, 2.24) is 10.6 Å². The first kappa shape index (κ1) is 11.2. The van der Waals surface area contributed by atoms with Crippen molar-refractivity contribution in [3.05, 3.63) is 23.9 Å². The molecule has 1 fully saturated rings. The van der Waals surface area contributed by atoms with Gasteiger partial charge in [0.25, 0.3) is 0 Å². The topological polar surface area (TPSA) is 70.6 Å². The second kappa shape index (κ2) is 5.14. The van der Waals surface area contributed by atoms with Gasteiger partial charge in [0.15, 0.2) is 0 Å². The smallest absolute Gasteiger partial charge is 0.335 e. The fourth-order valence-corrected chi connectivity index (χ4v) is 1.91. The SMILES string of the molecule is O=C(O)C1=CC=CNC1NC[C@H]1CCCO1. The van der Waals surface area contributed by atoms with Gasteiger partial charge in [0, 0.05) is 13.2 Å². The van der Waals surface area contributed by atoms with Crippen LogP contribution in [0.4, 0.5) is 0 Å². The first-order valence-corrected chi connectivity index (χ1v) is 5.48. The van der Waals surface area contributed by atoms with Crippen LogP contribution in [-0.4, -0.2) is 36.5 Å². The van der Waals surface area contributed by atoms with Crippen molar-refractivity contribution in [2.75, 3.05) is 13.2 Å². The molecule has 3 N–H and O–H groups in total. The van der Waals surface area contributed by atoms with E-state index in [-0.39, 0.29) is 12.3 Å². The molecule has 2 heterocycles. The summed E-state index contributed by atoms with van der Waals surface area (Å²) in [4.78, 5) is 10.9. The Morgan fingerprint density at radius 1 is 1.69 bits per heavy atom. The number of hydrogen-bond acceptors (Lipinski definition) is 4. The van der Waals surface area contributed by atoms with E-state index in [1.165, 1.54) is 0 Å². The van der Waals surface area contributed by atoms with Crippen LogP contribution in [0.5, 0.6) is 0 Å². The van der Waals surface area contributed by atoms with Crippen LogP contribution in [0.3, 0.4) is 0 Å². The lowest BCUT2D eigenvalue weighted by Crippen LogP contribution is -2.47. The van der Waals surface area contributed by atoms with Crippen LogP contribution in [0, 0.1) is 0 Å². The Labute approximate surface area is 94.2 Å². The third-order valence-electron chi connectivity index (χ3n) is 2.77. The molecule has 0 bridgehead atoms. The van der Waals surface area contributed by atoms with Crippen molar-refractivity contribution < 1.29 is 14.6 Å². The van der Waals surface area contributed by atoms with E-state index >= 15 is 0 Å². The molecule has 2 rings (SSSR count).